The summed E-state index contributed by atoms with van der Waals surface area (Å²) in [5.41, 5.74) is -0.113. The summed E-state index contributed by atoms with van der Waals surface area (Å²) < 4.78 is 40.2. The van der Waals surface area contributed by atoms with E-state index < -0.39 is 29.0 Å². The summed E-state index contributed by atoms with van der Waals surface area (Å²) in [6.45, 7) is 0. The van der Waals surface area contributed by atoms with Gasteiger partial charge in [-0.05, 0) is 30.3 Å². The molecule has 0 radical (unpaired) electrons. The van der Waals surface area contributed by atoms with Crippen LogP contribution in [0.1, 0.15) is 10.4 Å². The van der Waals surface area contributed by atoms with Crippen LogP contribution in [0.5, 0.6) is 0 Å². The van der Waals surface area contributed by atoms with Crippen molar-refractivity contribution < 1.29 is 18.0 Å². The molecular weight excluding hydrogens is 369 g/mol. The fourth-order valence-electron chi connectivity index (χ4n) is 2.02. The molecule has 1 amide bonds. The second kappa shape index (κ2) is 7.40. The van der Waals surface area contributed by atoms with Gasteiger partial charge in [0.05, 0.1) is 10.6 Å². The average Bonchev–Trinajstić information content (AvgIpc) is 2.62. The number of nitrogens with one attached hydrogen (secondary N) is 2. The number of halogens is 4. The van der Waals surface area contributed by atoms with Gasteiger partial charge in [-0.15, -0.1) is 0 Å². The number of carbonyl (C=O) groups excluding carboxylic acids is 1. The van der Waals surface area contributed by atoms with Gasteiger partial charge in [-0.2, -0.15) is 0 Å². The van der Waals surface area contributed by atoms with Crippen molar-refractivity contribution in [1.82, 2.24) is 9.97 Å². The Morgan fingerprint density at radius 2 is 1.62 bits per heavy atom. The zero-order valence-corrected chi connectivity index (χ0v) is 13.7. The number of anilines is 3. The molecule has 0 saturated carbocycles. The molecule has 2 aromatic carbocycles. The van der Waals surface area contributed by atoms with Crippen LogP contribution in [0, 0.1) is 17.5 Å². The maximum absolute atomic E-state index is 13.6. The first kappa shape index (κ1) is 17.7. The van der Waals surface area contributed by atoms with Crippen LogP contribution >= 0.6 is 11.6 Å². The molecular formula is C17H10ClF3N4O. The number of amides is 1. The lowest BCUT2D eigenvalue weighted by Crippen LogP contribution is -2.15. The van der Waals surface area contributed by atoms with Crippen molar-refractivity contribution in [1.29, 1.82) is 0 Å². The minimum atomic E-state index is -0.897. The predicted octanol–water partition coefficient (Wildman–Crippen LogP) is 4.54. The Morgan fingerprint density at radius 3 is 2.23 bits per heavy atom. The number of para-hydroxylation sites is 1. The van der Waals surface area contributed by atoms with Gasteiger partial charge in [0, 0.05) is 18.1 Å². The van der Waals surface area contributed by atoms with Gasteiger partial charge in [-0.1, -0.05) is 17.7 Å². The molecule has 0 fully saturated rings. The summed E-state index contributed by atoms with van der Waals surface area (Å²) in [5, 5.41) is 4.84. The molecule has 0 saturated heterocycles. The van der Waals surface area contributed by atoms with Crippen LogP contribution in [0.15, 0.2) is 48.8 Å². The van der Waals surface area contributed by atoms with E-state index in [1.807, 2.05) is 0 Å². The first-order valence-electron chi connectivity index (χ1n) is 7.23. The molecule has 132 valence electrons. The maximum Gasteiger partial charge on any atom is 0.258 e. The summed E-state index contributed by atoms with van der Waals surface area (Å²) in [6.07, 6.45) is 2.35. The van der Waals surface area contributed by atoms with E-state index in [1.54, 1.807) is 0 Å². The smallest absolute Gasteiger partial charge is 0.258 e. The molecule has 3 aromatic rings. The molecule has 9 heteroatoms. The molecule has 0 bridgehead atoms. The van der Waals surface area contributed by atoms with Crippen LogP contribution in [-0.2, 0) is 0 Å². The summed E-state index contributed by atoms with van der Waals surface area (Å²) in [7, 11) is 0. The molecule has 1 aromatic heterocycles. The van der Waals surface area contributed by atoms with E-state index in [4.69, 9.17) is 11.6 Å². The Balaban J connectivity index is 1.72. The van der Waals surface area contributed by atoms with Crippen molar-refractivity contribution >= 4 is 34.8 Å². The predicted molar refractivity (Wildman–Crippen MR) is 91.0 cm³/mol. The Bertz CT molecular complexity index is 946. The number of aromatic nitrogens is 2. The van der Waals surface area contributed by atoms with E-state index in [-0.39, 0.29) is 16.5 Å². The number of carbonyl (C=O) groups is 1. The van der Waals surface area contributed by atoms with Gasteiger partial charge in [0.2, 0.25) is 5.95 Å². The molecule has 0 spiro atoms. The third-order valence-electron chi connectivity index (χ3n) is 3.29. The Labute approximate surface area is 150 Å². The molecule has 0 aliphatic rings. The summed E-state index contributed by atoms with van der Waals surface area (Å²) >= 11 is 5.68. The lowest BCUT2D eigenvalue weighted by molar-refractivity contribution is 0.102. The fourth-order valence-corrected chi connectivity index (χ4v) is 2.20. The minimum absolute atomic E-state index is 0.00431. The SMILES string of the molecule is O=C(Nc1c(F)cccc1F)c1cnc(Nc2ccc(F)c(Cl)c2)nc1. The van der Waals surface area contributed by atoms with Crippen molar-refractivity contribution in [2.75, 3.05) is 10.6 Å². The van der Waals surface area contributed by atoms with E-state index in [9.17, 15) is 18.0 Å². The van der Waals surface area contributed by atoms with Gasteiger partial charge in [0.1, 0.15) is 23.1 Å². The first-order valence-corrected chi connectivity index (χ1v) is 7.61. The molecule has 0 aliphatic heterocycles. The number of hydrogen-bond donors (Lipinski definition) is 2. The van der Waals surface area contributed by atoms with Crippen molar-refractivity contribution in [3.8, 4) is 0 Å². The van der Waals surface area contributed by atoms with E-state index in [0.717, 1.165) is 12.1 Å². The highest BCUT2D eigenvalue weighted by Gasteiger charge is 2.14. The van der Waals surface area contributed by atoms with Gasteiger partial charge >= 0.3 is 0 Å². The topological polar surface area (TPSA) is 66.9 Å². The van der Waals surface area contributed by atoms with E-state index >= 15 is 0 Å². The van der Waals surface area contributed by atoms with E-state index in [0.29, 0.717) is 5.69 Å². The zero-order chi connectivity index (χ0) is 18.7. The van der Waals surface area contributed by atoms with E-state index in [1.165, 1.54) is 36.7 Å². The zero-order valence-electron chi connectivity index (χ0n) is 12.9. The van der Waals surface area contributed by atoms with Gasteiger partial charge in [0.25, 0.3) is 5.91 Å². The molecule has 0 atom stereocenters. The van der Waals surface area contributed by atoms with Crippen molar-refractivity contribution in [2.24, 2.45) is 0 Å². The molecule has 1 heterocycles. The van der Waals surface area contributed by atoms with Crippen molar-refractivity contribution in [2.45, 2.75) is 0 Å². The van der Waals surface area contributed by atoms with Crippen molar-refractivity contribution in [3.05, 3.63) is 76.8 Å². The minimum Gasteiger partial charge on any atom is -0.324 e. The highest BCUT2D eigenvalue weighted by Crippen LogP contribution is 2.22. The van der Waals surface area contributed by atoms with Crippen LogP contribution in [0.2, 0.25) is 5.02 Å². The quantitative estimate of drug-likeness (QED) is 0.699. The van der Waals surface area contributed by atoms with Crippen LogP contribution in [-0.4, -0.2) is 15.9 Å². The van der Waals surface area contributed by atoms with Crippen molar-refractivity contribution in [3.63, 3.8) is 0 Å². The van der Waals surface area contributed by atoms with Crippen LogP contribution in [0.4, 0.5) is 30.5 Å². The molecule has 3 rings (SSSR count). The Morgan fingerprint density at radius 1 is 0.962 bits per heavy atom. The van der Waals surface area contributed by atoms with Crippen LogP contribution in [0.3, 0.4) is 0 Å². The number of hydrogen-bond acceptors (Lipinski definition) is 4. The highest BCUT2D eigenvalue weighted by molar-refractivity contribution is 6.31. The first-order chi connectivity index (χ1) is 12.4. The molecule has 2 N–H and O–H groups in total. The van der Waals surface area contributed by atoms with Gasteiger partial charge in [-0.25, -0.2) is 23.1 Å². The van der Waals surface area contributed by atoms with Crippen LogP contribution < -0.4 is 10.6 Å². The second-order valence-electron chi connectivity index (χ2n) is 5.10. The average molecular weight is 379 g/mol. The molecule has 5 nitrogen and oxygen atoms in total. The number of benzene rings is 2. The van der Waals surface area contributed by atoms with Gasteiger partial charge in [0.15, 0.2) is 0 Å². The summed E-state index contributed by atoms with van der Waals surface area (Å²) in [5.74, 6) is -3.01. The normalized spacial score (nSPS) is 10.5. The third-order valence-corrected chi connectivity index (χ3v) is 3.58. The fraction of sp³-hybridized carbons (Fsp3) is 0. The third kappa shape index (κ3) is 3.92. The highest BCUT2D eigenvalue weighted by atomic mass is 35.5. The Kier molecular flexibility index (Phi) is 5.04. The summed E-state index contributed by atoms with van der Waals surface area (Å²) in [4.78, 5) is 19.9. The monoisotopic (exact) mass is 378 g/mol. The standard InChI is InChI=1S/C17H10ClF3N4O/c18-11-6-10(4-5-12(11)19)24-17-22-7-9(8-23-17)16(26)25-15-13(20)2-1-3-14(15)21/h1-8H,(H,25,26)(H,22,23,24). The molecule has 0 aliphatic carbocycles. The largest absolute Gasteiger partial charge is 0.324 e. The van der Waals surface area contributed by atoms with Gasteiger partial charge in [-0.3, -0.25) is 4.79 Å². The summed E-state index contributed by atoms with van der Waals surface area (Å²) in [6, 6.07) is 7.20. The van der Waals surface area contributed by atoms with Gasteiger partial charge < -0.3 is 10.6 Å². The number of nitrogens with zero attached hydrogens (tertiary/aromatic N) is 2. The van der Waals surface area contributed by atoms with Crippen LogP contribution in [0.25, 0.3) is 0 Å². The lowest BCUT2D eigenvalue weighted by Gasteiger charge is -2.08. The lowest BCUT2D eigenvalue weighted by atomic mass is 10.2. The number of rotatable bonds is 4. The van der Waals surface area contributed by atoms with E-state index in [2.05, 4.69) is 20.6 Å². The second-order valence-corrected chi connectivity index (χ2v) is 5.51. The Hall–Kier alpha value is -3.13. The molecule has 0 unspecified atom stereocenters. The maximum atomic E-state index is 13.6. The molecule has 26 heavy (non-hydrogen) atoms.